The fourth-order valence-electron chi connectivity index (χ4n) is 4.65. The maximum Gasteiger partial charge on any atom is 0.231 e. The summed E-state index contributed by atoms with van der Waals surface area (Å²) in [6, 6.07) is 9.94. The zero-order valence-electron chi connectivity index (χ0n) is 18.6. The fraction of sp³-hybridized carbons (Fsp3) is 0.542. The predicted octanol–water partition coefficient (Wildman–Crippen LogP) is 2.97. The number of hydrogen-bond donors (Lipinski definition) is 1. The molecule has 0 spiro atoms. The molecule has 8 heteroatoms. The average molecular weight is 438 g/mol. The number of carbonyl (C=O) groups is 1. The van der Waals surface area contributed by atoms with Crippen LogP contribution in [0.4, 0.5) is 11.6 Å². The van der Waals surface area contributed by atoms with Crippen LogP contribution in [0.25, 0.3) is 0 Å². The van der Waals surface area contributed by atoms with E-state index in [1.165, 1.54) is 12.8 Å². The summed E-state index contributed by atoms with van der Waals surface area (Å²) in [4.78, 5) is 17.2. The molecule has 2 saturated heterocycles. The van der Waals surface area contributed by atoms with Crippen LogP contribution in [0.15, 0.2) is 30.3 Å². The number of amides is 1. The standard InChI is InChI=1S/C24H31N5O3/c1-17-6-10-28(11-7-17)22-4-5-23(27-26-22)29-12-8-19(9-13-29)24(30)25-15-18-2-3-20-21(14-18)32-16-31-20/h2-5,14,17,19H,6-13,15-16H2,1H3,(H,25,30). The minimum atomic E-state index is 0.0304. The van der Waals surface area contributed by atoms with Crippen LogP contribution >= 0.6 is 0 Å². The molecule has 2 fully saturated rings. The zero-order valence-corrected chi connectivity index (χ0v) is 18.6. The monoisotopic (exact) mass is 437 g/mol. The normalized spacial score (nSPS) is 19.3. The van der Waals surface area contributed by atoms with Crippen LogP contribution in [-0.2, 0) is 11.3 Å². The van der Waals surface area contributed by atoms with E-state index in [1.54, 1.807) is 0 Å². The summed E-state index contributed by atoms with van der Waals surface area (Å²) in [6.07, 6.45) is 4.07. The quantitative estimate of drug-likeness (QED) is 0.770. The number of fused-ring (bicyclic) bond motifs is 1. The Bertz CT molecular complexity index is 935. The summed E-state index contributed by atoms with van der Waals surface area (Å²) in [5.41, 5.74) is 1.01. The van der Waals surface area contributed by atoms with Gasteiger partial charge in [-0.05, 0) is 61.4 Å². The lowest BCUT2D eigenvalue weighted by atomic mass is 9.96. The van der Waals surface area contributed by atoms with Gasteiger partial charge in [0, 0.05) is 38.6 Å². The third kappa shape index (κ3) is 4.59. The van der Waals surface area contributed by atoms with Crippen molar-refractivity contribution in [3.63, 3.8) is 0 Å². The van der Waals surface area contributed by atoms with Crippen molar-refractivity contribution in [3.05, 3.63) is 35.9 Å². The van der Waals surface area contributed by atoms with Crippen molar-refractivity contribution in [2.24, 2.45) is 11.8 Å². The van der Waals surface area contributed by atoms with E-state index in [4.69, 9.17) is 9.47 Å². The van der Waals surface area contributed by atoms with Gasteiger partial charge < -0.3 is 24.6 Å². The molecular formula is C24H31N5O3. The maximum atomic E-state index is 12.7. The highest BCUT2D eigenvalue weighted by atomic mass is 16.7. The highest BCUT2D eigenvalue weighted by Crippen LogP contribution is 2.32. The van der Waals surface area contributed by atoms with Gasteiger partial charge in [-0.25, -0.2) is 0 Å². The molecule has 8 nitrogen and oxygen atoms in total. The molecule has 3 aliphatic rings. The molecule has 0 atom stereocenters. The first-order valence-corrected chi connectivity index (χ1v) is 11.7. The van der Waals surface area contributed by atoms with E-state index < -0.39 is 0 Å². The summed E-state index contributed by atoms with van der Waals surface area (Å²) >= 11 is 0. The molecule has 5 rings (SSSR count). The number of aromatic nitrogens is 2. The van der Waals surface area contributed by atoms with Gasteiger partial charge in [0.2, 0.25) is 12.7 Å². The molecule has 1 amide bonds. The number of carbonyl (C=O) groups excluding carboxylic acids is 1. The molecule has 0 saturated carbocycles. The molecule has 1 aromatic carbocycles. The number of piperidine rings is 2. The first-order chi connectivity index (χ1) is 15.7. The van der Waals surface area contributed by atoms with Crippen molar-refractivity contribution >= 4 is 17.5 Å². The number of benzene rings is 1. The molecular weight excluding hydrogens is 406 g/mol. The topological polar surface area (TPSA) is 79.8 Å². The van der Waals surface area contributed by atoms with Gasteiger partial charge >= 0.3 is 0 Å². The van der Waals surface area contributed by atoms with E-state index in [0.29, 0.717) is 6.54 Å². The highest BCUT2D eigenvalue weighted by Gasteiger charge is 2.26. The molecule has 1 aromatic heterocycles. The molecule has 170 valence electrons. The molecule has 0 unspecified atom stereocenters. The Morgan fingerprint density at radius 3 is 2.22 bits per heavy atom. The van der Waals surface area contributed by atoms with E-state index in [-0.39, 0.29) is 18.6 Å². The Labute approximate surface area is 188 Å². The summed E-state index contributed by atoms with van der Waals surface area (Å²) in [5.74, 6) is 4.32. The molecule has 3 aliphatic heterocycles. The van der Waals surface area contributed by atoms with E-state index in [0.717, 1.165) is 73.6 Å². The van der Waals surface area contributed by atoms with Crippen molar-refractivity contribution in [1.29, 1.82) is 0 Å². The van der Waals surface area contributed by atoms with Crippen LogP contribution in [0.3, 0.4) is 0 Å². The van der Waals surface area contributed by atoms with Crippen LogP contribution in [0.1, 0.15) is 38.2 Å². The Morgan fingerprint density at radius 2 is 1.56 bits per heavy atom. The number of nitrogens with one attached hydrogen (secondary N) is 1. The number of nitrogens with zero attached hydrogens (tertiary/aromatic N) is 4. The average Bonchev–Trinajstić information content (AvgIpc) is 3.31. The van der Waals surface area contributed by atoms with Crippen molar-refractivity contribution in [2.75, 3.05) is 42.8 Å². The lowest BCUT2D eigenvalue weighted by Crippen LogP contribution is -2.40. The molecule has 0 aliphatic carbocycles. The summed E-state index contributed by atoms with van der Waals surface area (Å²) in [6.45, 7) is 6.82. The number of ether oxygens (including phenoxy) is 2. The third-order valence-electron chi connectivity index (χ3n) is 6.84. The third-order valence-corrected chi connectivity index (χ3v) is 6.84. The van der Waals surface area contributed by atoms with Crippen molar-refractivity contribution in [2.45, 2.75) is 39.2 Å². The summed E-state index contributed by atoms with van der Waals surface area (Å²) in [7, 11) is 0. The fourth-order valence-corrected chi connectivity index (χ4v) is 4.65. The number of hydrogen-bond acceptors (Lipinski definition) is 7. The second-order valence-corrected chi connectivity index (χ2v) is 9.09. The van der Waals surface area contributed by atoms with Gasteiger partial charge in [-0.3, -0.25) is 4.79 Å². The minimum absolute atomic E-state index is 0.0304. The van der Waals surface area contributed by atoms with Gasteiger partial charge in [-0.2, -0.15) is 0 Å². The maximum absolute atomic E-state index is 12.7. The Morgan fingerprint density at radius 1 is 0.938 bits per heavy atom. The lowest BCUT2D eigenvalue weighted by Gasteiger charge is -2.33. The highest BCUT2D eigenvalue weighted by molar-refractivity contribution is 5.79. The van der Waals surface area contributed by atoms with Crippen molar-refractivity contribution in [1.82, 2.24) is 15.5 Å². The lowest BCUT2D eigenvalue weighted by molar-refractivity contribution is -0.125. The predicted molar refractivity (Wildman–Crippen MR) is 122 cm³/mol. The van der Waals surface area contributed by atoms with Crippen molar-refractivity contribution < 1.29 is 14.3 Å². The van der Waals surface area contributed by atoms with E-state index in [2.05, 4.69) is 44.4 Å². The molecule has 0 bridgehead atoms. The van der Waals surface area contributed by atoms with Gasteiger partial charge in [0.15, 0.2) is 23.1 Å². The van der Waals surface area contributed by atoms with E-state index in [1.807, 2.05) is 18.2 Å². The van der Waals surface area contributed by atoms with Crippen molar-refractivity contribution in [3.8, 4) is 11.5 Å². The second-order valence-electron chi connectivity index (χ2n) is 9.09. The van der Waals surface area contributed by atoms with E-state index >= 15 is 0 Å². The molecule has 0 radical (unpaired) electrons. The van der Waals surface area contributed by atoms with Gasteiger partial charge in [0.25, 0.3) is 0 Å². The first kappa shape index (κ1) is 20.8. The van der Waals surface area contributed by atoms with Crippen LogP contribution in [-0.4, -0.2) is 49.1 Å². The van der Waals surface area contributed by atoms with E-state index in [9.17, 15) is 4.79 Å². The molecule has 1 N–H and O–H groups in total. The van der Waals surface area contributed by atoms with Gasteiger partial charge in [-0.15, -0.1) is 10.2 Å². The summed E-state index contributed by atoms with van der Waals surface area (Å²) < 4.78 is 10.7. The Kier molecular flexibility index (Phi) is 6.01. The minimum Gasteiger partial charge on any atom is -0.454 e. The molecule has 2 aromatic rings. The van der Waals surface area contributed by atoms with Crippen LogP contribution < -0.4 is 24.6 Å². The van der Waals surface area contributed by atoms with Gasteiger partial charge in [0.05, 0.1) is 0 Å². The second kappa shape index (κ2) is 9.22. The van der Waals surface area contributed by atoms with Crippen LogP contribution in [0, 0.1) is 11.8 Å². The molecule has 4 heterocycles. The number of rotatable bonds is 5. The zero-order chi connectivity index (χ0) is 21.9. The number of anilines is 2. The van der Waals surface area contributed by atoms with Gasteiger partial charge in [0.1, 0.15) is 0 Å². The Balaban J connectivity index is 1.09. The SMILES string of the molecule is CC1CCN(c2ccc(N3CCC(C(=O)NCc4ccc5c(c4)OCO5)CC3)nn2)CC1. The van der Waals surface area contributed by atoms with Gasteiger partial charge in [-0.1, -0.05) is 13.0 Å². The van der Waals surface area contributed by atoms with Crippen LogP contribution in [0.2, 0.25) is 0 Å². The summed E-state index contributed by atoms with van der Waals surface area (Å²) in [5, 5.41) is 12.0. The largest absolute Gasteiger partial charge is 0.454 e. The smallest absolute Gasteiger partial charge is 0.231 e. The Hall–Kier alpha value is -3.03. The molecule has 32 heavy (non-hydrogen) atoms. The van der Waals surface area contributed by atoms with Crippen LogP contribution in [0.5, 0.6) is 11.5 Å². The first-order valence-electron chi connectivity index (χ1n) is 11.7.